The van der Waals surface area contributed by atoms with Gasteiger partial charge in [-0.2, -0.15) is 5.10 Å². The Morgan fingerprint density at radius 1 is 1.33 bits per heavy atom. The van der Waals surface area contributed by atoms with Crippen LogP contribution in [0.3, 0.4) is 0 Å². The third kappa shape index (κ3) is 4.04. The van der Waals surface area contributed by atoms with Crippen LogP contribution in [0.2, 0.25) is 0 Å². The van der Waals surface area contributed by atoms with Crippen molar-refractivity contribution in [1.82, 2.24) is 15.1 Å². The minimum Gasteiger partial charge on any atom is -0.478 e. The van der Waals surface area contributed by atoms with Gasteiger partial charge in [0.2, 0.25) is 0 Å². The average molecular weight is 457 g/mol. The van der Waals surface area contributed by atoms with Gasteiger partial charge in [-0.1, -0.05) is 6.07 Å². The highest BCUT2D eigenvalue weighted by Gasteiger charge is 2.48. The number of rotatable bonds is 5. The first kappa shape index (κ1) is 23.0. The first-order chi connectivity index (χ1) is 15.4. The van der Waals surface area contributed by atoms with Gasteiger partial charge in [-0.3, -0.25) is 10.00 Å². The molecule has 0 saturated carbocycles. The van der Waals surface area contributed by atoms with Crippen molar-refractivity contribution in [3.63, 3.8) is 0 Å². The van der Waals surface area contributed by atoms with E-state index in [0.29, 0.717) is 12.0 Å². The van der Waals surface area contributed by atoms with Gasteiger partial charge in [-0.15, -0.1) is 0 Å². The molecule has 33 heavy (non-hydrogen) atoms. The summed E-state index contributed by atoms with van der Waals surface area (Å²) < 4.78 is 46.1. The van der Waals surface area contributed by atoms with Gasteiger partial charge in [-0.25, -0.2) is 18.0 Å². The predicted octanol–water partition coefficient (Wildman–Crippen LogP) is 5.20. The number of hydrogen-bond donors (Lipinski definition) is 2. The summed E-state index contributed by atoms with van der Waals surface area (Å²) in [5.74, 6) is -2.87. The molecule has 1 aliphatic rings. The van der Waals surface area contributed by atoms with Crippen LogP contribution in [0.5, 0.6) is 0 Å². The lowest BCUT2D eigenvalue weighted by atomic mass is 9.73. The molecule has 0 amide bonds. The maximum atomic E-state index is 15.6. The van der Waals surface area contributed by atoms with Gasteiger partial charge in [0.05, 0.1) is 17.3 Å². The van der Waals surface area contributed by atoms with Crippen LogP contribution >= 0.6 is 0 Å². The number of nitrogens with one attached hydrogen (secondary N) is 1. The number of aromatic nitrogens is 2. The number of benzene rings is 2. The summed E-state index contributed by atoms with van der Waals surface area (Å²) in [6.45, 7) is 6.50. The molecule has 0 fully saturated rings. The molecule has 174 valence electrons. The second-order valence-electron chi connectivity index (χ2n) is 9.43. The van der Waals surface area contributed by atoms with E-state index in [2.05, 4.69) is 10.2 Å². The number of carboxylic acids is 1. The molecule has 0 aliphatic carbocycles. The fourth-order valence-electron chi connectivity index (χ4n) is 5.07. The number of fused-ring (bicyclic) bond motifs is 3. The summed E-state index contributed by atoms with van der Waals surface area (Å²) in [7, 11) is 0. The first-order valence-corrected chi connectivity index (χ1v) is 10.7. The predicted molar refractivity (Wildman–Crippen MR) is 121 cm³/mol. The Morgan fingerprint density at radius 2 is 2.00 bits per heavy atom. The molecule has 2 atom stereocenters. The third-order valence-corrected chi connectivity index (χ3v) is 6.38. The molecule has 0 bridgehead atoms. The highest BCUT2D eigenvalue weighted by atomic mass is 19.1. The van der Waals surface area contributed by atoms with Gasteiger partial charge in [0.25, 0.3) is 0 Å². The monoisotopic (exact) mass is 457 g/mol. The van der Waals surface area contributed by atoms with E-state index in [1.807, 2.05) is 24.0 Å². The zero-order chi connectivity index (χ0) is 24.1. The number of H-pyrrole nitrogens is 1. The zero-order valence-corrected chi connectivity index (χ0v) is 18.9. The molecule has 0 radical (unpaired) electrons. The van der Waals surface area contributed by atoms with Crippen molar-refractivity contribution in [2.75, 3.05) is 6.54 Å². The Kier molecular flexibility index (Phi) is 5.60. The maximum Gasteiger partial charge on any atom is 0.328 e. The van der Waals surface area contributed by atoms with Crippen molar-refractivity contribution < 1.29 is 23.1 Å². The molecule has 0 saturated heterocycles. The van der Waals surface area contributed by atoms with Gasteiger partial charge in [0.15, 0.2) is 0 Å². The Hall–Kier alpha value is -3.13. The zero-order valence-electron chi connectivity index (χ0n) is 18.9. The molecule has 0 unspecified atom stereocenters. The summed E-state index contributed by atoms with van der Waals surface area (Å²) in [5, 5.41) is 16.7. The van der Waals surface area contributed by atoms with E-state index >= 15 is 8.78 Å². The topological polar surface area (TPSA) is 69.2 Å². The lowest BCUT2D eigenvalue weighted by molar-refractivity contribution is -0.131. The number of halogens is 3. The number of aliphatic carboxylic acids is 1. The fraction of sp³-hybridized carbons (Fsp3) is 0.360. The number of carboxylic acid groups (broad SMARTS) is 1. The van der Waals surface area contributed by atoms with Gasteiger partial charge in [-0.05, 0) is 75.1 Å². The molecular formula is C25H26F3N3O2. The van der Waals surface area contributed by atoms with Gasteiger partial charge in [0.1, 0.15) is 17.3 Å². The third-order valence-electron chi connectivity index (χ3n) is 6.38. The Bertz CT molecular complexity index is 1240. The normalized spacial score (nSPS) is 21.6. The van der Waals surface area contributed by atoms with Crippen molar-refractivity contribution in [2.45, 2.75) is 51.4 Å². The summed E-state index contributed by atoms with van der Waals surface area (Å²) in [5.41, 5.74) is -0.614. The van der Waals surface area contributed by atoms with E-state index in [4.69, 9.17) is 5.11 Å². The second-order valence-corrected chi connectivity index (χ2v) is 9.43. The number of alkyl halides is 1. The standard InChI is InChI=1S/C25H26F3N3O2/c1-14-9-16-17-12-29-30-21(17)7-6-18(16)25(4,31(14)13-24(2,3)28)23-19(26)10-15(11-20(23)27)5-8-22(32)33/h5-8,10-12,14H,9,13H2,1-4H3,(H,29,30)(H,32,33)/b8-5+/t14-,25-/m1/s1. The molecule has 1 aromatic heterocycles. The fourth-order valence-corrected chi connectivity index (χ4v) is 5.07. The van der Waals surface area contributed by atoms with E-state index in [0.717, 1.165) is 40.8 Å². The summed E-state index contributed by atoms with van der Waals surface area (Å²) in [6.07, 6.45) is 4.22. The molecule has 0 spiro atoms. The van der Waals surface area contributed by atoms with E-state index in [1.54, 1.807) is 13.1 Å². The van der Waals surface area contributed by atoms with Crippen molar-refractivity contribution >= 4 is 22.9 Å². The first-order valence-electron chi connectivity index (χ1n) is 10.7. The quantitative estimate of drug-likeness (QED) is 0.517. The summed E-state index contributed by atoms with van der Waals surface area (Å²) >= 11 is 0. The van der Waals surface area contributed by atoms with E-state index < -0.39 is 28.8 Å². The second kappa shape index (κ2) is 8.02. The number of hydrogen-bond acceptors (Lipinski definition) is 3. The van der Waals surface area contributed by atoms with Crippen molar-refractivity contribution in [1.29, 1.82) is 0 Å². The average Bonchev–Trinajstić information content (AvgIpc) is 3.18. The lowest BCUT2D eigenvalue weighted by Gasteiger charge is -2.51. The van der Waals surface area contributed by atoms with Crippen molar-refractivity contribution in [3.8, 4) is 0 Å². The largest absolute Gasteiger partial charge is 0.478 e. The smallest absolute Gasteiger partial charge is 0.328 e. The molecule has 2 heterocycles. The minimum absolute atomic E-state index is 0.0346. The van der Waals surface area contributed by atoms with Gasteiger partial charge < -0.3 is 5.11 Å². The Balaban J connectivity index is 1.99. The molecule has 8 heteroatoms. The van der Waals surface area contributed by atoms with Crippen LogP contribution in [-0.4, -0.2) is 44.4 Å². The van der Waals surface area contributed by atoms with Crippen LogP contribution in [0.1, 0.15) is 49.9 Å². The highest BCUT2D eigenvalue weighted by Crippen LogP contribution is 2.47. The maximum absolute atomic E-state index is 15.6. The number of aromatic amines is 1. The van der Waals surface area contributed by atoms with E-state index in [-0.39, 0.29) is 23.7 Å². The molecule has 2 N–H and O–H groups in total. The molecule has 5 nitrogen and oxygen atoms in total. The number of nitrogens with zero attached hydrogens (tertiary/aromatic N) is 2. The molecule has 4 rings (SSSR count). The van der Waals surface area contributed by atoms with Crippen LogP contribution < -0.4 is 0 Å². The van der Waals surface area contributed by atoms with Crippen LogP contribution in [0.25, 0.3) is 17.0 Å². The van der Waals surface area contributed by atoms with Crippen LogP contribution in [0.4, 0.5) is 13.2 Å². The minimum atomic E-state index is -1.61. The summed E-state index contributed by atoms with van der Waals surface area (Å²) in [4.78, 5) is 12.6. The Morgan fingerprint density at radius 3 is 2.61 bits per heavy atom. The van der Waals surface area contributed by atoms with Crippen LogP contribution in [-0.2, 0) is 16.8 Å². The Labute approximate surface area is 189 Å². The SMILES string of the molecule is C[C@@H]1Cc2c(ccc3[nH]ncc23)[C@](C)(c2c(F)cc(/C=C/C(=O)O)cc2F)N1CC(C)(C)F. The molecular weight excluding hydrogens is 431 g/mol. The highest BCUT2D eigenvalue weighted by molar-refractivity contribution is 5.85. The molecule has 2 aromatic carbocycles. The summed E-state index contributed by atoms with van der Waals surface area (Å²) in [6, 6.07) is 5.63. The molecule has 3 aromatic rings. The van der Waals surface area contributed by atoms with E-state index in [9.17, 15) is 9.18 Å². The van der Waals surface area contributed by atoms with Crippen LogP contribution in [0.15, 0.2) is 36.5 Å². The molecule has 1 aliphatic heterocycles. The van der Waals surface area contributed by atoms with Crippen molar-refractivity contribution in [3.05, 3.63) is 70.4 Å². The van der Waals surface area contributed by atoms with Gasteiger partial charge in [0, 0.05) is 29.6 Å². The van der Waals surface area contributed by atoms with Gasteiger partial charge >= 0.3 is 5.97 Å². The lowest BCUT2D eigenvalue weighted by Crippen LogP contribution is -2.57. The van der Waals surface area contributed by atoms with Crippen LogP contribution in [0, 0.1) is 11.6 Å². The number of carbonyl (C=O) groups is 1. The van der Waals surface area contributed by atoms with Crippen molar-refractivity contribution in [2.24, 2.45) is 0 Å². The van der Waals surface area contributed by atoms with E-state index in [1.165, 1.54) is 13.8 Å².